The molecule has 2 heterocycles. The first-order valence-electron chi connectivity index (χ1n) is 19.7. The van der Waals surface area contributed by atoms with Crippen molar-refractivity contribution in [1.82, 2.24) is 4.57 Å². The molecule has 0 saturated carbocycles. The van der Waals surface area contributed by atoms with Gasteiger partial charge in [-0.25, -0.2) is 9.98 Å². The van der Waals surface area contributed by atoms with Gasteiger partial charge in [-0.2, -0.15) is 0 Å². The zero-order valence-corrected chi connectivity index (χ0v) is 32.1. The Morgan fingerprint density at radius 2 is 1.10 bits per heavy atom. The molecule has 276 valence electrons. The smallest absolute Gasteiger partial charge is 0.160 e. The third-order valence-electron chi connectivity index (χ3n) is 11.0. The molecule has 0 bridgehead atoms. The fourth-order valence-electron chi connectivity index (χ4n) is 8.13. The largest absolute Gasteiger partial charge is 0.456 e. The minimum absolute atomic E-state index is 0.612. The lowest BCUT2D eigenvalue weighted by atomic mass is 10.0. The van der Waals surface area contributed by atoms with Crippen LogP contribution in [0.15, 0.2) is 215 Å². The molecular weight excluding hydrogens is 707 g/mol. The van der Waals surface area contributed by atoms with Crippen molar-refractivity contribution in [3.8, 4) is 27.9 Å². The Balaban J connectivity index is 1.08. The van der Waals surface area contributed by atoms with Crippen molar-refractivity contribution in [3.63, 3.8) is 0 Å². The summed E-state index contributed by atoms with van der Waals surface area (Å²) >= 11 is 0. The number of rotatable bonds is 8. The van der Waals surface area contributed by atoms with Crippen LogP contribution >= 0.6 is 0 Å². The summed E-state index contributed by atoms with van der Waals surface area (Å²) in [5, 5.41) is 4.56. The van der Waals surface area contributed by atoms with Crippen LogP contribution in [0.25, 0.3) is 77.4 Å². The predicted molar refractivity (Wildman–Crippen MR) is 244 cm³/mol. The van der Waals surface area contributed by atoms with Crippen molar-refractivity contribution in [2.24, 2.45) is 9.98 Å². The van der Waals surface area contributed by atoms with Gasteiger partial charge in [-0.05, 0) is 76.7 Å². The van der Waals surface area contributed by atoms with Gasteiger partial charge in [-0.1, -0.05) is 165 Å². The molecular formula is C54H39N3O. The van der Waals surface area contributed by atoms with E-state index in [0.29, 0.717) is 18.0 Å². The minimum atomic E-state index is 0.612. The molecule has 0 aliphatic heterocycles. The first-order chi connectivity index (χ1) is 28.6. The molecule has 0 unspecified atom stereocenters. The quantitative estimate of drug-likeness (QED) is 0.113. The number of hydrogen-bond acceptors (Lipinski definition) is 2. The van der Waals surface area contributed by atoms with Crippen molar-refractivity contribution >= 4 is 61.0 Å². The summed E-state index contributed by atoms with van der Waals surface area (Å²) in [6, 6.07) is 67.7. The molecule has 2 aromatic heterocycles. The first kappa shape index (κ1) is 34.9. The van der Waals surface area contributed by atoms with Crippen LogP contribution in [0.2, 0.25) is 0 Å². The van der Waals surface area contributed by atoms with Crippen molar-refractivity contribution in [3.05, 3.63) is 217 Å². The summed E-state index contributed by atoms with van der Waals surface area (Å²) in [5.74, 6) is 0.612. The Kier molecular flexibility index (Phi) is 8.92. The number of aliphatic imine (C=N–C) groups is 2. The third-order valence-corrected chi connectivity index (χ3v) is 11.0. The number of nitrogens with zero attached hydrogens (tertiary/aromatic N) is 3. The highest BCUT2D eigenvalue weighted by molar-refractivity contribution is 6.17. The van der Waals surface area contributed by atoms with Gasteiger partial charge in [0.2, 0.25) is 0 Å². The summed E-state index contributed by atoms with van der Waals surface area (Å²) in [7, 11) is 0. The summed E-state index contributed by atoms with van der Waals surface area (Å²) in [5.41, 5.74) is 14.1. The minimum Gasteiger partial charge on any atom is -0.456 e. The average Bonchev–Trinajstić information content (AvgIpc) is 3.84. The molecule has 0 saturated heterocycles. The van der Waals surface area contributed by atoms with Crippen LogP contribution in [0.3, 0.4) is 0 Å². The van der Waals surface area contributed by atoms with E-state index in [1.165, 1.54) is 21.9 Å². The second-order valence-corrected chi connectivity index (χ2v) is 14.5. The Hall–Kier alpha value is -7.56. The van der Waals surface area contributed by atoms with E-state index in [9.17, 15) is 0 Å². The summed E-state index contributed by atoms with van der Waals surface area (Å²) < 4.78 is 9.09. The fourth-order valence-corrected chi connectivity index (χ4v) is 8.13. The average molecular weight is 746 g/mol. The molecule has 4 heteroatoms. The Bertz CT molecular complexity index is 3210. The number of amidine groups is 1. The van der Waals surface area contributed by atoms with Crippen molar-refractivity contribution < 1.29 is 4.42 Å². The zero-order valence-electron chi connectivity index (χ0n) is 32.1. The van der Waals surface area contributed by atoms with Gasteiger partial charge < -0.3 is 8.98 Å². The third kappa shape index (κ3) is 6.31. The second-order valence-electron chi connectivity index (χ2n) is 14.5. The lowest BCUT2D eigenvalue weighted by Gasteiger charge is -2.11. The highest BCUT2D eigenvalue weighted by atomic mass is 16.3. The fraction of sp³-hybridized carbons (Fsp3) is 0.0370. The lowest BCUT2D eigenvalue weighted by molar-refractivity contribution is 0.668. The molecule has 10 aromatic rings. The normalized spacial score (nSPS) is 12.2. The van der Waals surface area contributed by atoms with Gasteiger partial charge in [-0.3, -0.25) is 0 Å². The maximum absolute atomic E-state index is 6.69. The molecule has 0 spiro atoms. The Morgan fingerprint density at radius 1 is 0.483 bits per heavy atom. The second kappa shape index (κ2) is 14.8. The van der Waals surface area contributed by atoms with Crippen molar-refractivity contribution in [2.45, 2.75) is 13.3 Å². The van der Waals surface area contributed by atoms with Crippen LogP contribution in [0.4, 0.5) is 0 Å². The Morgan fingerprint density at radius 3 is 1.86 bits per heavy atom. The summed E-state index contributed by atoms with van der Waals surface area (Å²) in [6.07, 6.45) is 0.698. The van der Waals surface area contributed by atoms with Gasteiger partial charge >= 0.3 is 0 Å². The molecule has 58 heavy (non-hydrogen) atoms. The number of hydrogen-bond donors (Lipinski definition) is 0. The SMILES string of the molecule is C=C(/N=C(\N=C(/CC)c1ccc2c(c1)oc1cccc(-n3c4ccccc4c4ccc(-c5ccccc5)cc43)c12)c1ccccc1)c1cccc(-c2ccccc2)c1. The standard InChI is InChI=1S/C54H39N3O/c1-3-47(56-54(39-21-11-6-12-22-39)55-36(2)40-23-15-24-41(33-40)37-17-7-4-8-18-37)43-30-32-46-52(35-43)58-51-28-16-27-49(53(46)51)57-48-26-14-13-25-44(48)45-31-29-42(34-50(45)57)38-19-9-5-10-20-38/h4-35H,2-3H2,1H3/b55-54-,56-47+. The number of benzene rings is 8. The molecule has 10 rings (SSSR count). The van der Waals surface area contributed by atoms with E-state index >= 15 is 0 Å². The van der Waals surface area contributed by atoms with Gasteiger partial charge in [0.05, 0.1) is 27.8 Å². The topological polar surface area (TPSA) is 42.8 Å². The first-order valence-corrected chi connectivity index (χ1v) is 19.7. The molecule has 0 radical (unpaired) electrons. The van der Waals surface area contributed by atoms with Crippen LogP contribution in [-0.2, 0) is 0 Å². The van der Waals surface area contributed by atoms with E-state index in [4.69, 9.17) is 14.4 Å². The summed E-state index contributed by atoms with van der Waals surface area (Å²) in [6.45, 7) is 6.54. The van der Waals surface area contributed by atoms with E-state index in [0.717, 1.165) is 72.2 Å². The van der Waals surface area contributed by atoms with Crippen molar-refractivity contribution in [2.75, 3.05) is 0 Å². The molecule has 0 N–H and O–H groups in total. The van der Waals surface area contributed by atoms with Gasteiger partial charge in [0.1, 0.15) is 11.2 Å². The van der Waals surface area contributed by atoms with Gasteiger partial charge in [0, 0.05) is 33.0 Å². The van der Waals surface area contributed by atoms with Gasteiger partial charge in [0.15, 0.2) is 5.84 Å². The molecule has 8 aromatic carbocycles. The Labute approximate surface area is 337 Å². The van der Waals surface area contributed by atoms with Gasteiger partial charge in [-0.15, -0.1) is 0 Å². The van der Waals surface area contributed by atoms with E-state index in [1.807, 2.05) is 36.4 Å². The van der Waals surface area contributed by atoms with E-state index in [1.54, 1.807) is 0 Å². The summed E-state index contributed by atoms with van der Waals surface area (Å²) in [4.78, 5) is 10.3. The van der Waals surface area contributed by atoms with E-state index < -0.39 is 0 Å². The maximum Gasteiger partial charge on any atom is 0.160 e. The number of fused-ring (bicyclic) bond motifs is 6. The lowest BCUT2D eigenvalue weighted by Crippen LogP contribution is -2.06. The van der Waals surface area contributed by atoms with Crippen LogP contribution in [0.1, 0.15) is 30.0 Å². The van der Waals surface area contributed by atoms with Crippen LogP contribution in [0, 0.1) is 0 Å². The molecule has 4 nitrogen and oxygen atoms in total. The number of furan rings is 1. The molecule has 0 aliphatic rings. The number of para-hydroxylation sites is 1. The van der Waals surface area contributed by atoms with Crippen LogP contribution in [0.5, 0.6) is 0 Å². The van der Waals surface area contributed by atoms with E-state index in [-0.39, 0.29) is 0 Å². The van der Waals surface area contributed by atoms with Crippen LogP contribution < -0.4 is 0 Å². The molecule has 0 atom stereocenters. The number of aromatic nitrogens is 1. The van der Waals surface area contributed by atoms with Gasteiger partial charge in [0.25, 0.3) is 0 Å². The maximum atomic E-state index is 6.69. The molecule has 0 fully saturated rings. The van der Waals surface area contributed by atoms with E-state index in [2.05, 4.69) is 176 Å². The van der Waals surface area contributed by atoms with Crippen LogP contribution in [-0.4, -0.2) is 16.1 Å². The highest BCUT2D eigenvalue weighted by Crippen LogP contribution is 2.40. The monoisotopic (exact) mass is 745 g/mol. The molecule has 0 amide bonds. The zero-order chi connectivity index (χ0) is 39.0. The predicted octanol–water partition coefficient (Wildman–Crippen LogP) is 14.3. The highest BCUT2D eigenvalue weighted by Gasteiger charge is 2.19. The molecule has 0 aliphatic carbocycles. The van der Waals surface area contributed by atoms with Crippen molar-refractivity contribution in [1.29, 1.82) is 0 Å².